The number of benzene rings is 2. The summed E-state index contributed by atoms with van der Waals surface area (Å²) >= 11 is 0. The van der Waals surface area contributed by atoms with Gasteiger partial charge in [-0.25, -0.2) is 9.80 Å². The van der Waals surface area contributed by atoms with Crippen molar-refractivity contribution in [2.45, 2.75) is 45.0 Å². The molecule has 0 aliphatic rings. The zero-order chi connectivity index (χ0) is 27.5. The summed E-state index contributed by atoms with van der Waals surface area (Å²) in [5.41, 5.74) is 3.62. The normalized spacial score (nSPS) is 13.6. The standard InChI is InChI=1S/C28H36N6O4/c1-19(2)26(33-28(37)38-3)27(36)32-23(15-20-7-5-4-6-8-20)25(35)18-34(29)17-21-9-11-22(12-10-21)24-16-30-13-14-31-24/h4-14,16,19,23,25-26,35H,15,17-18,29H2,1-3H3,(H,32,36)(H,33,37)/t23?,25?,26-/m0/s1. The number of aliphatic hydroxyl groups is 1. The smallest absolute Gasteiger partial charge is 0.407 e. The van der Waals surface area contributed by atoms with Crippen molar-refractivity contribution in [1.29, 1.82) is 0 Å². The lowest BCUT2D eigenvalue weighted by atomic mass is 9.98. The maximum atomic E-state index is 13.1. The van der Waals surface area contributed by atoms with E-state index >= 15 is 0 Å². The van der Waals surface area contributed by atoms with E-state index in [2.05, 4.69) is 25.3 Å². The minimum Gasteiger partial charge on any atom is -0.453 e. The molecule has 3 atom stereocenters. The van der Waals surface area contributed by atoms with Crippen molar-refractivity contribution in [2.75, 3.05) is 13.7 Å². The van der Waals surface area contributed by atoms with Crippen molar-refractivity contribution < 1.29 is 19.4 Å². The average Bonchev–Trinajstić information content (AvgIpc) is 2.92. The molecule has 0 saturated heterocycles. The first-order valence-corrected chi connectivity index (χ1v) is 12.5. The van der Waals surface area contributed by atoms with E-state index in [1.807, 2.05) is 68.4 Å². The summed E-state index contributed by atoms with van der Waals surface area (Å²) in [6.07, 6.45) is 3.68. The number of carbonyl (C=O) groups is 2. The van der Waals surface area contributed by atoms with E-state index in [-0.39, 0.29) is 12.5 Å². The molecule has 0 aliphatic heterocycles. The summed E-state index contributed by atoms with van der Waals surface area (Å²) in [7, 11) is 1.24. The van der Waals surface area contributed by atoms with Crippen LogP contribution in [0, 0.1) is 5.92 Å². The highest BCUT2D eigenvalue weighted by Gasteiger charge is 2.30. The van der Waals surface area contributed by atoms with Crippen LogP contribution in [0.4, 0.5) is 4.79 Å². The first kappa shape index (κ1) is 28.7. The molecule has 2 aromatic carbocycles. The summed E-state index contributed by atoms with van der Waals surface area (Å²) in [6.45, 7) is 4.14. The predicted octanol–water partition coefficient (Wildman–Crippen LogP) is 2.29. The number of aliphatic hydroxyl groups excluding tert-OH is 1. The van der Waals surface area contributed by atoms with Crippen molar-refractivity contribution in [1.82, 2.24) is 25.6 Å². The van der Waals surface area contributed by atoms with E-state index in [1.54, 1.807) is 18.6 Å². The molecule has 0 fully saturated rings. The number of rotatable bonds is 12. The van der Waals surface area contributed by atoms with Crippen LogP contribution in [0.5, 0.6) is 0 Å². The summed E-state index contributed by atoms with van der Waals surface area (Å²) in [4.78, 5) is 33.3. The fourth-order valence-corrected chi connectivity index (χ4v) is 4.04. The molecule has 0 saturated carbocycles. The van der Waals surface area contributed by atoms with Crippen LogP contribution in [0.15, 0.2) is 73.2 Å². The number of hydrogen-bond acceptors (Lipinski definition) is 8. The third-order valence-corrected chi connectivity index (χ3v) is 6.12. The van der Waals surface area contributed by atoms with Gasteiger partial charge in [0.15, 0.2) is 0 Å². The SMILES string of the molecule is COC(=O)N[C@H](C(=O)NC(Cc1ccccc1)C(O)CN(N)Cc1ccc(-c2cnccn2)cc1)C(C)C. The quantitative estimate of drug-likeness (QED) is 0.210. The van der Waals surface area contributed by atoms with Gasteiger partial charge in [0.05, 0.1) is 31.1 Å². The maximum absolute atomic E-state index is 13.1. The molecule has 0 bridgehead atoms. The van der Waals surface area contributed by atoms with Gasteiger partial charge in [0, 0.05) is 31.0 Å². The minimum absolute atomic E-state index is 0.112. The maximum Gasteiger partial charge on any atom is 0.407 e. The molecular weight excluding hydrogens is 484 g/mol. The molecule has 3 rings (SSSR count). The largest absolute Gasteiger partial charge is 0.453 e. The highest BCUT2D eigenvalue weighted by atomic mass is 16.5. The molecule has 0 radical (unpaired) electrons. The Labute approximate surface area is 223 Å². The van der Waals surface area contributed by atoms with E-state index in [9.17, 15) is 14.7 Å². The highest BCUT2D eigenvalue weighted by molar-refractivity contribution is 5.86. The molecule has 5 N–H and O–H groups in total. The number of hydrogen-bond donors (Lipinski definition) is 4. The lowest BCUT2D eigenvalue weighted by Crippen LogP contribution is -2.56. The number of carbonyl (C=O) groups excluding carboxylic acids is 2. The van der Waals surface area contributed by atoms with Gasteiger partial charge in [0.25, 0.3) is 0 Å². The number of nitrogens with one attached hydrogen (secondary N) is 2. The van der Waals surface area contributed by atoms with Crippen molar-refractivity contribution in [3.8, 4) is 11.3 Å². The van der Waals surface area contributed by atoms with Crippen LogP contribution >= 0.6 is 0 Å². The summed E-state index contributed by atoms with van der Waals surface area (Å²) in [6, 6.07) is 15.9. The summed E-state index contributed by atoms with van der Waals surface area (Å²) < 4.78 is 4.66. The second-order valence-corrected chi connectivity index (χ2v) is 9.45. The zero-order valence-electron chi connectivity index (χ0n) is 21.9. The van der Waals surface area contributed by atoms with Crippen LogP contribution in [0.25, 0.3) is 11.3 Å². The van der Waals surface area contributed by atoms with Crippen LogP contribution < -0.4 is 16.5 Å². The van der Waals surface area contributed by atoms with Gasteiger partial charge in [0.2, 0.25) is 5.91 Å². The Bertz CT molecular complexity index is 1150. The minimum atomic E-state index is -0.978. The second kappa shape index (κ2) is 14.2. The van der Waals surface area contributed by atoms with Gasteiger partial charge in [-0.15, -0.1) is 0 Å². The van der Waals surface area contributed by atoms with Gasteiger partial charge in [-0.2, -0.15) is 0 Å². The number of amides is 2. The van der Waals surface area contributed by atoms with Gasteiger partial charge in [-0.3, -0.25) is 20.6 Å². The van der Waals surface area contributed by atoms with Crippen LogP contribution in [-0.4, -0.2) is 63.9 Å². The van der Waals surface area contributed by atoms with Crippen LogP contribution in [-0.2, 0) is 22.5 Å². The number of aromatic nitrogens is 2. The van der Waals surface area contributed by atoms with Gasteiger partial charge >= 0.3 is 6.09 Å². The number of nitrogens with two attached hydrogens (primary N) is 1. The van der Waals surface area contributed by atoms with E-state index in [4.69, 9.17) is 5.84 Å². The van der Waals surface area contributed by atoms with Crippen molar-refractivity contribution in [2.24, 2.45) is 11.8 Å². The topological polar surface area (TPSA) is 143 Å². The lowest BCUT2D eigenvalue weighted by molar-refractivity contribution is -0.125. The third kappa shape index (κ3) is 8.62. The lowest BCUT2D eigenvalue weighted by Gasteiger charge is -2.30. The highest BCUT2D eigenvalue weighted by Crippen LogP contribution is 2.17. The predicted molar refractivity (Wildman–Crippen MR) is 144 cm³/mol. The molecule has 10 nitrogen and oxygen atoms in total. The molecule has 0 aliphatic carbocycles. The molecule has 2 amide bonds. The van der Waals surface area contributed by atoms with Gasteiger partial charge < -0.3 is 20.5 Å². The molecule has 1 aromatic heterocycles. The van der Waals surface area contributed by atoms with Crippen molar-refractivity contribution in [3.63, 3.8) is 0 Å². The Morgan fingerprint density at radius 2 is 1.74 bits per heavy atom. The number of alkyl carbamates (subject to hydrolysis) is 1. The van der Waals surface area contributed by atoms with E-state index < -0.39 is 30.2 Å². The Kier molecular flexibility index (Phi) is 10.7. The molecule has 2 unspecified atom stereocenters. The van der Waals surface area contributed by atoms with E-state index in [1.165, 1.54) is 12.1 Å². The first-order valence-electron chi connectivity index (χ1n) is 12.5. The number of nitrogens with zero attached hydrogens (tertiary/aromatic N) is 3. The third-order valence-electron chi connectivity index (χ3n) is 6.12. The molecule has 0 spiro atoms. The Morgan fingerprint density at radius 3 is 2.34 bits per heavy atom. The number of hydrazine groups is 1. The molecule has 202 valence electrons. The zero-order valence-corrected chi connectivity index (χ0v) is 21.9. The number of ether oxygens (including phenoxy) is 1. The Hall–Kier alpha value is -3.86. The average molecular weight is 521 g/mol. The molecule has 3 aromatic rings. The molecule has 10 heteroatoms. The van der Waals surface area contributed by atoms with Crippen molar-refractivity contribution >= 4 is 12.0 Å². The summed E-state index contributed by atoms with van der Waals surface area (Å²) in [5.74, 6) is 5.67. The van der Waals surface area contributed by atoms with E-state index in [0.717, 1.165) is 22.4 Å². The summed E-state index contributed by atoms with van der Waals surface area (Å²) in [5, 5.41) is 18.1. The first-order chi connectivity index (χ1) is 18.3. The van der Waals surface area contributed by atoms with Crippen LogP contribution in [0.3, 0.4) is 0 Å². The molecule has 1 heterocycles. The van der Waals surface area contributed by atoms with Crippen LogP contribution in [0.1, 0.15) is 25.0 Å². The molecular formula is C28H36N6O4. The monoisotopic (exact) mass is 520 g/mol. The fraction of sp³-hybridized carbons (Fsp3) is 0.357. The number of methoxy groups -OCH3 is 1. The fourth-order valence-electron chi connectivity index (χ4n) is 4.04. The van der Waals surface area contributed by atoms with Gasteiger partial charge in [-0.05, 0) is 23.5 Å². The Morgan fingerprint density at radius 1 is 1.03 bits per heavy atom. The second-order valence-electron chi connectivity index (χ2n) is 9.45. The van der Waals surface area contributed by atoms with Crippen LogP contribution in [0.2, 0.25) is 0 Å². The van der Waals surface area contributed by atoms with Gasteiger partial charge in [0.1, 0.15) is 6.04 Å². The van der Waals surface area contributed by atoms with Gasteiger partial charge in [-0.1, -0.05) is 68.4 Å². The van der Waals surface area contributed by atoms with Crippen molar-refractivity contribution in [3.05, 3.63) is 84.3 Å². The molecule has 38 heavy (non-hydrogen) atoms. The van der Waals surface area contributed by atoms with E-state index in [0.29, 0.717) is 13.0 Å². The Balaban J connectivity index is 1.67.